The van der Waals surface area contributed by atoms with Gasteiger partial charge in [0.1, 0.15) is 0 Å². The summed E-state index contributed by atoms with van der Waals surface area (Å²) >= 11 is 6.48. The molecule has 0 spiro atoms. The number of methoxy groups -OCH3 is 1. The molecule has 2 aromatic carbocycles. The number of fused-ring (bicyclic) bond motifs is 1. The number of aromatic amines is 1. The maximum absolute atomic E-state index is 11.8. The summed E-state index contributed by atoms with van der Waals surface area (Å²) in [4.78, 5) is 11.8. The fourth-order valence-electron chi connectivity index (χ4n) is 3.18. The highest BCUT2D eigenvalue weighted by Crippen LogP contribution is 2.32. The van der Waals surface area contributed by atoms with Crippen LogP contribution < -0.4 is 20.1 Å². The summed E-state index contributed by atoms with van der Waals surface area (Å²) in [5.74, 6) is 1.40. The number of H-pyrrole nitrogens is 1. The number of nitrogens with one attached hydrogen (secondary N) is 3. The van der Waals surface area contributed by atoms with Crippen LogP contribution in [0.2, 0.25) is 5.02 Å². The van der Waals surface area contributed by atoms with E-state index in [1.807, 2.05) is 44.3 Å². The molecule has 4 rings (SSSR count). The maximum Gasteiger partial charge on any atom is 0.258 e. The normalized spacial score (nSPS) is 11.0. The van der Waals surface area contributed by atoms with Crippen LogP contribution in [0, 0.1) is 0 Å². The van der Waals surface area contributed by atoms with Crippen molar-refractivity contribution in [1.82, 2.24) is 25.3 Å². The van der Waals surface area contributed by atoms with Gasteiger partial charge in [-0.3, -0.25) is 9.89 Å². The highest BCUT2D eigenvalue weighted by molar-refractivity contribution is 6.38. The Hall–Kier alpha value is -3.72. The number of carbonyl (C=O) groups excluding carboxylic acids is 1. The first-order chi connectivity index (χ1) is 15.4. The lowest BCUT2D eigenvalue weighted by molar-refractivity contribution is -0.123. The van der Waals surface area contributed by atoms with Crippen molar-refractivity contribution in [3.8, 4) is 17.2 Å². The van der Waals surface area contributed by atoms with Crippen molar-refractivity contribution in [2.24, 2.45) is 0 Å². The smallest absolute Gasteiger partial charge is 0.258 e. The lowest BCUT2D eigenvalue weighted by Crippen LogP contribution is -2.34. The van der Waals surface area contributed by atoms with E-state index in [4.69, 9.17) is 21.1 Å². The van der Waals surface area contributed by atoms with Gasteiger partial charge in [-0.05, 0) is 38.1 Å². The van der Waals surface area contributed by atoms with Gasteiger partial charge in [-0.15, -0.1) is 0 Å². The summed E-state index contributed by atoms with van der Waals surface area (Å²) in [6, 6.07) is 11.0. The number of ether oxygens (including phenoxy) is 2. The average Bonchev–Trinajstić information content (AvgIpc) is 3.43. The number of aromatic nitrogens is 4. The van der Waals surface area contributed by atoms with Crippen LogP contribution in [0.1, 0.15) is 13.8 Å². The fraction of sp³-hybridized carbons (Fsp3) is 0.227. The minimum Gasteiger partial charge on any atom is -0.493 e. The maximum atomic E-state index is 11.8. The van der Waals surface area contributed by atoms with Gasteiger partial charge in [-0.25, -0.2) is 4.68 Å². The number of rotatable bonds is 8. The zero-order chi connectivity index (χ0) is 22.7. The standard InChI is InChI=1S/C22H23ClN6O3/c1-13(2)25-21(30)12-32-18-7-4-14(10-19(18)31-3)29-9-8-20(28-29)26-17-6-5-16-15(22(17)23)11-24-27-16/h4-11,13H,12H2,1-3H3,(H,24,27)(H,25,30)(H,26,28). The van der Waals surface area contributed by atoms with Crippen LogP contribution >= 0.6 is 11.6 Å². The van der Waals surface area contributed by atoms with E-state index in [-0.39, 0.29) is 18.6 Å². The molecule has 0 aliphatic rings. The van der Waals surface area contributed by atoms with Crippen LogP contribution in [0.25, 0.3) is 16.6 Å². The molecule has 1 amide bonds. The zero-order valence-corrected chi connectivity index (χ0v) is 18.6. The highest BCUT2D eigenvalue weighted by Gasteiger charge is 2.12. The predicted octanol–water partition coefficient (Wildman–Crippen LogP) is 4.06. The van der Waals surface area contributed by atoms with Gasteiger partial charge in [-0.1, -0.05) is 11.6 Å². The molecule has 9 nitrogen and oxygen atoms in total. The van der Waals surface area contributed by atoms with Crippen molar-refractivity contribution in [3.05, 3.63) is 53.8 Å². The summed E-state index contributed by atoms with van der Waals surface area (Å²) in [7, 11) is 1.55. The Kier molecular flexibility index (Phi) is 6.18. The number of carbonyl (C=O) groups is 1. The van der Waals surface area contributed by atoms with Gasteiger partial charge in [-0.2, -0.15) is 10.2 Å². The number of anilines is 2. The summed E-state index contributed by atoms with van der Waals surface area (Å²) in [6.07, 6.45) is 3.50. The van der Waals surface area contributed by atoms with Gasteiger partial charge in [0.15, 0.2) is 23.9 Å². The van der Waals surface area contributed by atoms with Crippen LogP contribution in [0.15, 0.2) is 48.8 Å². The third-order valence-electron chi connectivity index (χ3n) is 4.63. The zero-order valence-electron chi connectivity index (χ0n) is 17.8. The Morgan fingerprint density at radius 3 is 2.84 bits per heavy atom. The molecule has 3 N–H and O–H groups in total. The summed E-state index contributed by atoms with van der Waals surface area (Å²) in [5, 5.41) is 18.9. The first-order valence-corrected chi connectivity index (χ1v) is 10.4. The van der Waals surface area contributed by atoms with E-state index in [2.05, 4.69) is 25.9 Å². The SMILES string of the molecule is COc1cc(-n2ccc(Nc3ccc4[nH]ncc4c3Cl)n2)ccc1OCC(=O)NC(C)C. The molecule has 0 unspecified atom stereocenters. The summed E-state index contributed by atoms with van der Waals surface area (Å²) in [5.41, 5.74) is 2.36. The second-order valence-electron chi connectivity index (χ2n) is 7.37. The van der Waals surface area contributed by atoms with Crippen molar-refractivity contribution < 1.29 is 14.3 Å². The number of amides is 1. The fourth-order valence-corrected chi connectivity index (χ4v) is 3.44. The monoisotopic (exact) mass is 454 g/mol. The van der Waals surface area contributed by atoms with Gasteiger partial charge in [0.05, 0.1) is 35.2 Å². The van der Waals surface area contributed by atoms with Crippen molar-refractivity contribution >= 4 is 39.9 Å². The Bertz CT molecular complexity index is 1250. The average molecular weight is 455 g/mol. The Morgan fingerprint density at radius 2 is 2.06 bits per heavy atom. The van der Waals surface area contributed by atoms with Gasteiger partial charge < -0.3 is 20.1 Å². The van der Waals surface area contributed by atoms with Gasteiger partial charge in [0.2, 0.25) is 0 Å². The van der Waals surface area contributed by atoms with Crippen molar-refractivity contribution in [2.75, 3.05) is 19.0 Å². The van der Waals surface area contributed by atoms with E-state index < -0.39 is 0 Å². The molecule has 32 heavy (non-hydrogen) atoms. The Morgan fingerprint density at radius 1 is 1.22 bits per heavy atom. The predicted molar refractivity (Wildman–Crippen MR) is 123 cm³/mol. The van der Waals surface area contributed by atoms with Crippen LogP contribution in [-0.2, 0) is 4.79 Å². The minimum atomic E-state index is -0.193. The first-order valence-electron chi connectivity index (χ1n) is 9.99. The molecule has 0 atom stereocenters. The molecule has 166 valence electrons. The number of nitrogens with zero attached hydrogens (tertiary/aromatic N) is 3. The van der Waals surface area contributed by atoms with Crippen LogP contribution in [0.4, 0.5) is 11.5 Å². The van der Waals surface area contributed by atoms with Crippen LogP contribution in [0.3, 0.4) is 0 Å². The molecule has 0 fully saturated rings. The molecule has 0 saturated carbocycles. The molecule has 0 radical (unpaired) electrons. The number of benzene rings is 2. The largest absolute Gasteiger partial charge is 0.493 e. The Labute approximate surface area is 189 Å². The summed E-state index contributed by atoms with van der Waals surface area (Å²) in [6.45, 7) is 3.69. The molecule has 0 aliphatic carbocycles. The third-order valence-corrected chi connectivity index (χ3v) is 5.04. The minimum absolute atomic E-state index is 0.0504. The molecule has 2 heterocycles. The molecule has 0 saturated heterocycles. The second-order valence-corrected chi connectivity index (χ2v) is 7.75. The molecule has 10 heteroatoms. The van der Waals surface area contributed by atoms with Gasteiger partial charge in [0, 0.05) is 29.8 Å². The topological polar surface area (TPSA) is 106 Å². The van der Waals surface area contributed by atoms with Crippen molar-refractivity contribution in [3.63, 3.8) is 0 Å². The molecular formula is C22H23ClN6O3. The van der Waals surface area contributed by atoms with Gasteiger partial charge >= 0.3 is 0 Å². The highest BCUT2D eigenvalue weighted by atomic mass is 35.5. The Balaban J connectivity index is 1.49. The lowest BCUT2D eigenvalue weighted by atomic mass is 10.2. The van der Waals surface area contributed by atoms with E-state index in [1.165, 1.54) is 0 Å². The number of hydrogen-bond acceptors (Lipinski definition) is 6. The first kappa shape index (κ1) is 21.5. The van der Waals surface area contributed by atoms with E-state index in [1.54, 1.807) is 30.1 Å². The van der Waals surface area contributed by atoms with E-state index >= 15 is 0 Å². The molecule has 2 aromatic heterocycles. The van der Waals surface area contributed by atoms with Crippen molar-refractivity contribution in [2.45, 2.75) is 19.9 Å². The molecule has 0 aliphatic heterocycles. The third kappa shape index (κ3) is 4.62. The molecule has 0 bridgehead atoms. The van der Waals surface area contributed by atoms with E-state index in [0.717, 1.165) is 22.3 Å². The van der Waals surface area contributed by atoms with Crippen LogP contribution in [0.5, 0.6) is 11.5 Å². The van der Waals surface area contributed by atoms with E-state index in [9.17, 15) is 4.79 Å². The van der Waals surface area contributed by atoms with Crippen LogP contribution in [-0.4, -0.2) is 45.6 Å². The number of halogens is 1. The summed E-state index contributed by atoms with van der Waals surface area (Å²) < 4.78 is 12.7. The van der Waals surface area contributed by atoms with Crippen molar-refractivity contribution in [1.29, 1.82) is 0 Å². The molecule has 4 aromatic rings. The molecular weight excluding hydrogens is 432 g/mol. The number of hydrogen-bond donors (Lipinski definition) is 3. The van der Waals surface area contributed by atoms with Gasteiger partial charge in [0.25, 0.3) is 5.91 Å². The second kappa shape index (κ2) is 9.19. The van der Waals surface area contributed by atoms with E-state index in [0.29, 0.717) is 22.3 Å². The quantitative estimate of drug-likeness (QED) is 0.370. The lowest BCUT2D eigenvalue weighted by Gasteiger charge is -2.13.